The van der Waals surface area contributed by atoms with Crippen molar-refractivity contribution in [3.63, 3.8) is 0 Å². The molecule has 0 saturated heterocycles. The van der Waals surface area contributed by atoms with Gasteiger partial charge in [-0.1, -0.05) is 31.9 Å². The Morgan fingerprint density at radius 3 is 2.60 bits per heavy atom. The van der Waals surface area contributed by atoms with E-state index in [1.54, 1.807) is 0 Å². The van der Waals surface area contributed by atoms with Crippen molar-refractivity contribution in [3.8, 4) is 0 Å². The highest BCUT2D eigenvalue weighted by Crippen LogP contribution is 1.94. The normalized spacial score (nSPS) is 11.0. The van der Waals surface area contributed by atoms with Crippen LogP contribution in [0.25, 0.3) is 0 Å². The van der Waals surface area contributed by atoms with Crippen LogP contribution in [0.2, 0.25) is 0 Å². The van der Waals surface area contributed by atoms with Gasteiger partial charge in [0.25, 0.3) is 0 Å². The second-order valence-electron chi connectivity index (χ2n) is 2.27. The lowest BCUT2D eigenvalue weighted by molar-refractivity contribution is 0.177. The third kappa shape index (κ3) is 7.70. The first kappa shape index (κ1) is 9.70. The number of allylic oxidation sites excluding steroid dienone is 1. The molecule has 0 aromatic carbocycles. The average molecular weight is 142 g/mol. The zero-order valence-corrected chi connectivity index (χ0v) is 7.10. The van der Waals surface area contributed by atoms with Gasteiger partial charge in [-0.2, -0.15) is 0 Å². The highest BCUT2D eigenvalue weighted by atomic mass is 16.5. The van der Waals surface area contributed by atoms with E-state index in [0.717, 1.165) is 13.2 Å². The summed E-state index contributed by atoms with van der Waals surface area (Å²) in [4.78, 5) is 0. The van der Waals surface area contributed by atoms with Crippen LogP contribution >= 0.6 is 0 Å². The van der Waals surface area contributed by atoms with Crippen molar-refractivity contribution in [2.24, 2.45) is 0 Å². The van der Waals surface area contributed by atoms with Crippen LogP contribution in [-0.2, 0) is 4.74 Å². The van der Waals surface area contributed by atoms with Gasteiger partial charge in [0, 0.05) is 6.61 Å². The van der Waals surface area contributed by atoms with Crippen LogP contribution in [0.5, 0.6) is 0 Å². The number of unbranched alkanes of at least 4 members (excludes halogenated alkanes) is 2. The molecule has 0 radical (unpaired) electrons. The molecule has 10 heavy (non-hydrogen) atoms. The maximum atomic E-state index is 5.13. The summed E-state index contributed by atoms with van der Waals surface area (Å²) < 4.78 is 5.13. The van der Waals surface area contributed by atoms with Crippen molar-refractivity contribution in [2.45, 2.75) is 33.1 Å². The van der Waals surface area contributed by atoms with E-state index < -0.39 is 0 Å². The number of rotatable bonds is 6. The smallest absolute Gasteiger partial charge is 0.0647 e. The maximum Gasteiger partial charge on any atom is 0.0647 e. The Morgan fingerprint density at radius 1 is 1.20 bits per heavy atom. The molecule has 0 spiro atoms. The number of ether oxygens (including phenoxy) is 1. The van der Waals surface area contributed by atoms with E-state index in [-0.39, 0.29) is 0 Å². The van der Waals surface area contributed by atoms with Gasteiger partial charge >= 0.3 is 0 Å². The maximum absolute atomic E-state index is 5.13. The fourth-order valence-corrected chi connectivity index (χ4v) is 0.694. The monoisotopic (exact) mass is 142 g/mol. The standard InChI is InChI=1S/C9H18O/c1-3-5-6-7-8-9-10-4-2/h7-8H,3-6,9H2,1-2H3/b8-7-. The molecule has 0 aliphatic carbocycles. The Hall–Kier alpha value is -0.300. The summed E-state index contributed by atoms with van der Waals surface area (Å²) in [6, 6.07) is 0. The molecule has 0 bridgehead atoms. The SMILES string of the molecule is CCCC/C=C\COCC. The minimum atomic E-state index is 0.778. The second kappa shape index (κ2) is 8.70. The van der Waals surface area contributed by atoms with Crippen LogP contribution in [0.4, 0.5) is 0 Å². The molecule has 0 heterocycles. The van der Waals surface area contributed by atoms with E-state index in [0.29, 0.717) is 0 Å². The quantitative estimate of drug-likeness (QED) is 0.409. The fourth-order valence-electron chi connectivity index (χ4n) is 0.694. The van der Waals surface area contributed by atoms with Gasteiger partial charge < -0.3 is 4.74 Å². The second-order valence-corrected chi connectivity index (χ2v) is 2.27. The largest absolute Gasteiger partial charge is 0.378 e. The van der Waals surface area contributed by atoms with Gasteiger partial charge in [-0.3, -0.25) is 0 Å². The summed E-state index contributed by atoms with van der Waals surface area (Å²) in [5.74, 6) is 0. The van der Waals surface area contributed by atoms with Crippen LogP contribution in [0, 0.1) is 0 Å². The first-order chi connectivity index (χ1) is 4.91. The number of hydrogen-bond donors (Lipinski definition) is 0. The molecular formula is C9H18O. The van der Waals surface area contributed by atoms with Crippen molar-refractivity contribution >= 4 is 0 Å². The molecule has 0 amide bonds. The minimum Gasteiger partial charge on any atom is -0.378 e. The molecule has 0 aromatic rings. The Bertz CT molecular complexity index is 66.8. The highest BCUT2D eigenvalue weighted by Gasteiger charge is 1.77. The lowest BCUT2D eigenvalue weighted by Crippen LogP contribution is -1.87. The molecule has 0 fully saturated rings. The zero-order valence-electron chi connectivity index (χ0n) is 7.10. The van der Waals surface area contributed by atoms with Crippen LogP contribution in [-0.4, -0.2) is 13.2 Å². The van der Waals surface area contributed by atoms with Gasteiger partial charge in [-0.25, -0.2) is 0 Å². The summed E-state index contributed by atoms with van der Waals surface area (Å²) >= 11 is 0. The first-order valence-corrected chi connectivity index (χ1v) is 4.14. The lowest BCUT2D eigenvalue weighted by Gasteiger charge is -1.92. The van der Waals surface area contributed by atoms with Gasteiger partial charge in [0.1, 0.15) is 0 Å². The van der Waals surface area contributed by atoms with E-state index >= 15 is 0 Å². The van der Waals surface area contributed by atoms with Crippen LogP contribution in [0.1, 0.15) is 33.1 Å². The summed E-state index contributed by atoms with van der Waals surface area (Å²) in [6.45, 7) is 5.81. The topological polar surface area (TPSA) is 9.23 Å². The Labute approximate surface area is 64.1 Å². The van der Waals surface area contributed by atoms with Gasteiger partial charge in [0.15, 0.2) is 0 Å². The van der Waals surface area contributed by atoms with Gasteiger partial charge in [0.05, 0.1) is 6.61 Å². The molecule has 1 nitrogen and oxygen atoms in total. The summed E-state index contributed by atoms with van der Waals surface area (Å²) in [5, 5.41) is 0. The molecule has 1 heteroatoms. The van der Waals surface area contributed by atoms with Crippen LogP contribution in [0.15, 0.2) is 12.2 Å². The van der Waals surface area contributed by atoms with Crippen molar-refractivity contribution in [1.29, 1.82) is 0 Å². The Balaban J connectivity index is 2.89. The van der Waals surface area contributed by atoms with Gasteiger partial charge in [0.2, 0.25) is 0 Å². The predicted octanol–water partition coefficient (Wildman–Crippen LogP) is 2.77. The summed E-state index contributed by atoms with van der Waals surface area (Å²) in [7, 11) is 0. The first-order valence-electron chi connectivity index (χ1n) is 4.14. The van der Waals surface area contributed by atoms with E-state index in [1.165, 1.54) is 19.3 Å². The van der Waals surface area contributed by atoms with E-state index in [2.05, 4.69) is 19.1 Å². The Morgan fingerprint density at radius 2 is 2.00 bits per heavy atom. The molecule has 0 atom stereocenters. The molecular weight excluding hydrogens is 124 g/mol. The predicted molar refractivity (Wildman–Crippen MR) is 45.2 cm³/mol. The third-order valence-corrected chi connectivity index (χ3v) is 1.31. The van der Waals surface area contributed by atoms with Crippen molar-refractivity contribution in [3.05, 3.63) is 12.2 Å². The van der Waals surface area contributed by atoms with E-state index in [4.69, 9.17) is 4.74 Å². The molecule has 0 rings (SSSR count). The zero-order chi connectivity index (χ0) is 7.66. The van der Waals surface area contributed by atoms with E-state index in [9.17, 15) is 0 Å². The van der Waals surface area contributed by atoms with Crippen molar-refractivity contribution in [1.82, 2.24) is 0 Å². The van der Waals surface area contributed by atoms with Gasteiger partial charge in [-0.05, 0) is 13.3 Å². The van der Waals surface area contributed by atoms with Crippen LogP contribution in [0.3, 0.4) is 0 Å². The summed E-state index contributed by atoms with van der Waals surface area (Å²) in [5.41, 5.74) is 0. The molecule has 60 valence electrons. The number of hydrogen-bond acceptors (Lipinski definition) is 1. The molecule has 0 saturated carbocycles. The highest BCUT2D eigenvalue weighted by molar-refractivity contribution is 4.80. The van der Waals surface area contributed by atoms with Crippen molar-refractivity contribution < 1.29 is 4.74 Å². The average Bonchev–Trinajstić information content (AvgIpc) is 1.97. The molecule has 0 unspecified atom stereocenters. The Kier molecular flexibility index (Phi) is 8.44. The lowest BCUT2D eigenvalue weighted by atomic mass is 10.2. The fraction of sp³-hybridized carbons (Fsp3) is 0.778. The molecule has 0 N–H and O–H groups in total. The van der Waals surface area contributed by atoms with Crippen molar-refractivity contribution in [2.75, 3.05) is 13.2 Å². The third-order valence-electron chi connectivity index (χ3n) is 1.31. The minimum absolute atomic E-state index is 0.778. The van der Waals surface area contributed by atoms with Crippen LogP contribution < -0.4 is 0 Å². The van der Waals surface area contributed by atoms with E-state index in [1.807, 2.05) is 6.92 Å². The molecule has 0 aliphatic heterocycles. The molecule has 0 aliphatic rings. The summed E-state index contributed by atoms with van der Waals surface area (Å²) in [6.07, 6.45) is 8.06. The van der Waals surface area contributed by atoms with Gasteiger partial charge in [-0.15, -0.1) is 0 Å². The molecule has 0 aromatic heterocycles.